The quantitative estimate of drug-likeness (QED) is 0.352. The number of aromatic nitrogens is 1. The van der Waals surface area contributed by atoms with Crippen molar-refractivity contribution in [2.45, 2.75) is 31.3 Å². The van der Waals surface area contributed by atoms with Crippen molar-refractivity contribution in [2.24, 2.45) is 11.7 Å². The van der Waals surface area contributed by atoms with E-state index in [9.17, 15) is 9.59 Å². The maximum absolute atomic E-state index is 13.4. The Morgan fingerprint density at radius 3 is 2.49 bits per heavy atom. The Bertz CT molecular complexity index is 1200. The van der Waals surface area contributed by atoms with Crippen LogP contribution in [0.3, 0.4) is 0 Å². The van der Waals surface area contributed by atoms with Gasteiger partial charge in [-0.25, -0.2) is 4.79 Å². The fourth-order valence-corrected chi connectivity index (χ4v) is 5.09. The van der Waals surface area contributed by atoms with Gasteiger partial charge in [0.1, 0.15) is 5.92 Å². The van der Waals surface area contributed by atoms with Gasteiger partial charge in [0.05, 0.1) is 18.0 Å². The summed E-state index contributed by atoms with van der Waals surface area (Å²) in [5.74, 6) is -0.984. The molecule has 3 aromatic rings. The molecule has 0 saturated carbocycles. The molecule has 0 spiro atoms. The second-order valence-electron chi connectivity index (χ2n) is 9.53. The molecule has 37 heavy (non-hydrogen) atoms. The molecule has 1 aromatic heterocycles. The molecule has 2 aliphatic heterocycles. The van der Waals surface area contributed by atoms with E-state index >= 15 is 0 Å². The van der Waals surface area contributed by atoms with Gasteiger partial charge in [-0.05, 0) is 42.8 Å². The standard InChI is InChI=1S/C28H33N7O2/c1-34-27(36)24(25(29)35(28(34)37)22-14-16-30-18-22)26(33-21-7-3-2-4-8-21)32-17-19-10-12-20(13-11-19)23-9-5-6-15-31-23/h2-13,15,22,24-26,30,32-33H,14,16-18,29H2,1H3. The zero-order chi connectivity index (χ0) is 25.8. The SMILES string of the molecule is CN1C(=O)C(C(NCc2ccc(-c3ccccn3)cc2)Nc2ccccc2)C(N)N(C2CCNC2)C1=O. The number of nitrogens with two attached hydrogens (primary N) is 1. The number of hydrogen-bond acceptors (Lipinski definition) is 7. The van der Waals surface area contributed by atoms with Crippen LogP contribution in [0.5, 0.6) is 0 Å². The first-order chi connectivity index (χ1) is 18.0. The molecule has 3 heterocycles. The lowest BCUT2D eigenvalue weighted by atomic mass is 9.94. The highest BCUT2D eigenvalue weighted by Gasteiger charge is 2.49. The Kier molecular flexibility index (Phi) is 7.45. The summed E-state index contributed by atoms with van der Waals surface area (Å²) in [4.78, 5) is 33.8. The first-order valence-electron chi connectivity index (χ1n) is 12.6. The molecular formula is C28H33N7O2. The predicted molar refractivity (Wildman–Crippen MR) is 143 cm³/mol. The number of pyridine rings is 1. The van der Waals surface area contributed by atoms with Gasteiger partial charge in [0.25, 0.3) is 0 Å². The molecule has 2 saturated heterocycles. The van der Waals surface area contributed by atoms with Gasteiger partial charge in [-0.15, -0.1) is 0 Å². The van der Waals surface area contributed by atoms with Crippen molar-refractivity contribution in [1.82, 2.24) is 25.4 Å². The van der Waals surface area contributed by atoms with Crippen LogP contribution in [0.2, 0.25) is 0 Å². The van der Waals surface area contributed by atoms with Gasteiger partial charge in [0, 0.05) is 43.6 Å². The number of rotatable bonds is 8. The highest BCUT2D eigenvalue weighted by atomic mass is 16.2. The van der Waals surface area contributed by atoms with E-state index in [-0.39, 0.29) is 18.0 Å². The minimum absolute atomic E-state index is 0.0444. The molecule has 2 aromatic carbocycles. The first-order valence-corrected chi connectivity index (χ1v) is 12.6. The van der Waals surface area contributed by atoms with Crippen molar-refractivity contribution >= 4 is 17.6 Å². The zero-order valence-electron chi connectivity index (χ0n) is 20.9. The van der Waals surface area contributed by atoms with Crippen LogP contribution in [0.25, 0.3) is 11.3 Å². The molecule has 192 valence electrons. The molecule has 4 atom stereocenters. The molecule has 5 N–H and O–H groups in total. The van der Waals surface area contributed by atoms with Crippen LogP contribution in [-0.4, -0.2) is 65.2 Å². The largest absolute Gasteiger partial charge is 0.369 e. The molecule has 0 bridgehead atoms. The number of benzene rings is 2. The van der Waals surface area contributed by atoms with Gasteiger partial charge in [-0.3, -0.25) is 20.0 Å². The number of nitrogens with one attached hydrogen (secondary N) is 3. The molecule has 2 aliphatic rings. The van der Waals surface area contributed by atoms with E-state index in [1.807, 2.05) is 72.8 Å². The van der Waals surface area contributed by atoms with Gasteiger partial charge >= 0.3 is 6.03 Å². The van der Waals surface area contributed by atoms with Crippen LogP contribution >= 0.6 is 0 Å². The van der Waals surface area contributed by atoms with E-state index in [2.05, 4.69) is 20.9 Å². The average Bonchev–Trinajstić information content (AvgIpc) is 3.46. The Morgan fingerprint density at radius 1 is 1.05 bits per heavy atom. The lowest BCUT2D eigenvalue weighted by molar-refractivity contribution is -0.139. The summed E-state index contributed by atoms with van der Waals surface area (Å²) in [5.41, 5.74) is 10.6. The minimum Gasteiger partial charge on any atom is -0.369 e. The number of nitrogens with zero attached hydrogens (tertiary/aromatic N) is 3. The number of urea groups is 1. The number of amides is 3. The van der Waals surface area contributed by atoms with Crippen molar-refractivity contribution < 1.29 is 9.59 Å². The molecule has 9 nitrogen and oxygen atoms in total. The normalized spacial score (nSPS) is 22.8. The number of imide groups is 1. The summed E-state index contributed by atoms with van der Waals surface area (Å²) in [6.45, 7) is 2.00. The smallest absolute Gasteiger partial charge is 0.328 e. The summed E-state index contributed by atoms with van der Waals surface area (Å²) in [5, 5.41) is 10.3. The lowest BCUT2D eigenvalue weighted by Crippen LogP contribution is -2.70. The summed E-state index contributed by atoms with van der Waals surface area (Å²) in [6.07, 6.45) is 1.32. The van der Waals surface area contributed by atoms with Gasteiger partial charge in [-0.1, -0.05) is 48.5 Å². The number of carbonyl (C=O) groups excluding carboxylic acids is 2. The third-order valence-electron chi connectivity index (χ3n) is 7.14. The molecule has 3 amide bonds. The molecule has 4 unspecified atom stereocenters. The van der Waals surface area contributed by atoms with Crippen molar-refractivity contribution in [1.29, 1.82) is 0 Å². The van der Waals surface area contributed by atoms with Crippen LogP contribution in [0.4, 0.5) is 10.5 Å². The van der Waals surface area contributed by atoms with E-state index < -0.39 is 18.2 Å². The van der Waals surface area contributed by atoms with Gasteiger partial charge in [-0.2, -0.15) is 0 Å². The summed E-state index contributed by atoms with van der Waals surface area (Å²) >= 11 is 0. The van der Waals surface area contributed by atoms with Crippen LogP contribution in [0, 0.1) is 5.92 Å². The average molecular weight is 500 g/mol. The van der Waals surface area contributed by atoms with Crippen molar-refractivity contribution in [3.63, 3.8) is 0 Å². The second kappa shape index (κ2) is 11.1. The van der Waals surface area contributed by atoms with Crippen LogP contribution < -0.4 is 21.7 Å². The van der Waals surface area contributed by atoms with E-state index in [1.165, 1.54) is 11.9 Å². The Hall–Kier alpha value is -3.79. The first kappa shape index (κ1) is 24.9. The molecule has 2 fully saturated rings. The molecule has 0 aliphatic carbocycles. The molecule has 0 radical (unpaired) electrons. The summed E-state index contributed by atoms with van der Waals surface area (Å²) < 4.78 is 0. The van der Waals surface area contributed by atoms with E-state index in [4.69, 9.17) is 5.73 Å². The lowest BCUT2D eigenvalue weighted by Gasteiger charge is -2.47. The fourth-order valence-electron chi connectivity index (χ4n) is 5.09. The van der Waals surface area contributed by atoms with Gasteiger partial charge < -0.3 is 21.3 Å². The molecular weight excluding hydrogens is 466 g/mol. The van der Waals surface area contributed by atoms with Crippen molar-refractivity contribution in [3.8, 4) is 11.3 Å². The third-order valence-corrected chi connectivity index (χ3v) is 7.14. The van der Waals surface area contributed by atoms with Crippen LogP contribution in [0.15, 0.2) is 79.0 Å². The maximum Gasteiger partial charge on any atom is 0.328 e. The monoisotopic (exact) mass is 499 g/mol. The Morgan fingerprint density at radius 2 is 1.81 bits per heavy atom. The highest BCUT2D eigenvalue weighted by molar-refractivity contribution is 5.99. The topological polar surface area (TPSA) is 116 Å². The van der Waals surface area contributed by atoms with E-state index in [1.54, 1.807) is 11.1 Å². The van der Waals surface area contributed by atoms with Gasteiger partial charge in [0.15, 0.2) is 0 Å². The second-order valence-corrected chi connectivity index (χ2v) is 9.53. The van der Waals surface area contributed by atoms with Crippen LogP contribution in [-0.2, 0) is 11.3 Å². The Labute approximate surface area is 217 Å². The van der Waals surface area contributed by atoms with Gasteiger partial charge in [0.2, 0.25) is 5.91 Å². The third kappa shape index (κ3) is 5.34. The number of carbonyl (C=O) groups is 2. The van der Waals surface area contributed by atoms with Crippen molar-refractivity contribution in [3.05, 3.63) is 84.6 Å². The van der Waals surface area contributed by atoms with E-state index in [0.717, 1.165) is 35.5 Å². The zero-order valence-corrected chi connectivity index (χ0v) is 20.9. The highest BCUT2D eigenvalue weighted by Crippen LogP contribution is 2.27. The van der Waals surface area contributed by atoms with E-state index in [0.29, 0.717) is 13.1 Å². The predicted octanol–water partition coefficient (Wildman–Crippen LogP) is 2.43. The molecule has 9 heteroatoms. The summed E-state index contributed by atoms with van der Waals surface area (Å²) in [6, 6.07) is 23.3. The fraction of sp³-hybridized carbons (Fsp3) is 0.321. The number of para-hydroxylation sites is 1. The number of anilines is 1. The molecule has 5 rings (SSSR count). The number of hydrogen-bond donors (Lipinski definition) is 4. The summed E-state index contributed by atoms with van der Waals surface area (Å²) in [7, 11) is 1.54. The Balaban J connectivity index is 1.38. The minimum atomic E-state index is -0.763. The maximum atomic E-state index is 13.4. The van der Waals surface area contributed by atoms with Crippen molar-refractivity contribution in [2.75, 3.05) is 25.5 Å². The van der Waals surface area contributed by atoms with Crippen LogP contribution in [0.1, 0.15) is 12.0 Å².